The van der Waals surface area contributed by atoms with Crippen LogP contribution in [0.5, 0.6) is 0 Å². The molecule has 0 aromatic heterocycles. The van der Waals surface area contributed by atoms with Gasteiger partial charge >= 0.3 is 0 Å². The fourth-order valence-corrected chi connectivity index (χ4v) is 1.65. The van der Waals surface area contributed by atoms with Crippen LogP contribution in [0.1, 0.15) is 5.56 Å². The largest absolute Gasteiger partial charge is 0.238 e. The molecule has 68 valence electrons. The van der Waals surface area contributed by atoms with Crippen LogP contribution in [-0.2, 0) is 14.8 Å². The van der Waals surface area contributed by atoms with Gasteiger partial charge in [0.2, 0.25) is 10.0 Å². The van der Waals surface area contributed by atoms with Gasteiger partial charge in [-0.3, -0.25) is 0 Å². The lowest BCUT2D eigenvalue weighted by Crippen LogP contribution is -2.13. The van der Waals surface area contributed by atoms with Crippen LogP contribution < -0.4 is 5.14 Å². The zero-order valence-electron chi connectivity index (χ0n) is 6.60. The molecule has 0 amide bonds. The number of carbonyl (C=O) groups excluding carboxylic acids is 1. The molecule has 0 spiro atoms. The predicted molar refractivity (Wildman–Crippen MR) is 48.0 cm³/mol. The van der Waals surface area contributed by atoms with Crippen molar-refractivity contribution in [2.75, 3.05) is 0 Å². The highest BCUT2D eigenvalue weighted by Crippen LogP contribution is 2.13. The van der Waals surface area contributed by atoms with E-state index in [1.165, 1.54) is 24.1 Å². The molecule has 0 saturated heterocycles. The van der Waals surface area contributed by atoms with Gasteiger partial charge in [0.25, 0.3) is 0 Å². The fraction of sp³-hybridized carbons (Fsp3) is 0. The molecule has 0 saturated carbocycles. The number of primary sulfonamides is 1. The van der Waals surface area contributed by atoms with Gasteiger partial charge in [0.15, 0.2) is 0 Å². The zero-order valence-corrected chi connectivity index (χ0v) is 7.41. The van der Waals surface area contributed by atoms with Crippen LogP contribution in [-0.4, -0.2) is 14.4 Å². The van der Waals surface area contributed by atoms with Gasteiger partial charge in [-0.2, -0.15) is 0 Å². The Morgan fingerprint density at radius 2 is 1.92 bits per heavy atom. The third-order valence-corrected chi connectivity index (χ3v) is 2.42. The van der Waals surface area contributed by atoms with Crippen molar-refractivity contribution in [2.45, 2.75) is 4.90 Å². The van der Waals surface area contributed by atoms with Crippen molar-refractivity contribution in [1.29, 1.82) is 0 Å². The Morgan fingerprint density at radius 1 is 1.31 bits per heavy atom. The van der Waals surface area contributed by atoms with Crippen molar-refractivity contribution in [3.8, 4) is 0 Å². The van der Waals surface area contributed by atoms with Crippen LogP contribution >= 0.6 is 0 Å². The summed E-state index contributed by atoms with van der Waals surface area (Å²) in [6, 6.07) is 5.95. The first-order valence-electron chi connectivity index (χ1n) is 3.38. The van der Waals surface area contributed by atoms with E-state index < -0.39 is 10.0 Å². The summed E-state index contributed by atoms with van der Waals surface area (Å²) in [5, 5.41) is 4.91. The van der Waals surface area contributed by atoms with Gasteiger partial charge in [-0.25, -0.2) is 18.4 Å². The molecular formula is C8H7NO3S. The van der Waals surface area contributed by atoms with Gasteiger partial charge in [-0.1, -0.05) is 18.2 Å². The first-order chi connectivity index (χ1) is 6.05. The maximum absolute atomic E-state index is 11.0. The summed E-state index contributed by atoms with van der Waals surface area (Å²) in [6.07, 6.45) is 1.03. The van der Waals surface area contributed by atoms with E-state index in [4.69, 9.17) is 5.14 Å². The van der Waals surface area contributed by atoms with E-state index in [1.807, 2.05) is 0 Å². The van der Waals surface area contributed by atoms with Crippen LogP contribution in [0.4, 0.5) is 0 Å². The number of hydrogen-bond acceptors (Lipinski definition) is 3. The smallest absolute Gasteiger partial charge is 0.233 e. The Labute approximate surface area is 75.7 Å². The highest BCUT2D eigenvalue weighted by Gasteiger charge is 2.10. The molecule has 2 N–H and O–H groups in total. The summed E-state index contributed by atoms with van der Waals surface area (Å²) < 4.78 is 21.9. The number of nitrogens with two attached hydrogens (primary N) is 1. The van der Waals surface area contributed by atoms with Crippen LogP contribution in [0.15, 0.2) is 29.2 Å². The van der Waals surface area contributed by atoms with Gasteiger partial charge in [-0.15, -0.1) is 0 Å². The molecule has 0 aliphatic heterocycles. The molecule has 0 aliphatic rings. The highest BCUT2D eigenvalue weighted by molar-refractivity contribution is 7.89. The number of hydrogen-bond donors (Lipinski definition) is 1. The molecule has 0 radical (unpaired) electrons. The maximum atomic E-state index is 11.0. The third-order valence-electron chi connectivity index (χ3n) is 1.44. The highest BCUT2D eigenvalue weighted by atomic mass is 32.2. The lowest BCUT2D eigenvalue weighted by atomic mass is 10.2. The SMILES string of the molecule is NS(=O)(=O)c1ccccc1C=C=O. The first-order valence-corrected chi connectivity index (χ1v) is 4.93. The summed E-state index contributed by atoms with van der Waals surface area (Å²) in [6.45, 7) is 0. The summed E-state index contributed by atoms with van der Waals surface area (Å²) in [7, 11) is -3.77. The Kier molecular flexibility index (Phi) is 2.63. The second-order valence-electron chi connectivity index (χ2n) is 2.35. The molecule has 0 heterocycles. The second kappa shape index (κ2) is 3.53. The van der Waals surface area contributed by atoms with Crippen molar-refractivity contribution in [3.63, 3.8) is 0 Å². The van der Waals surface area contributed by atoms with E-state index in [9.17, 15) is 13.2 Å². The van der Waals surface area contributed by atoms with Crippen molar-refractivity contribution in [1.82, 2.24) is 0 Å². The van der Waals surface area contributed by atoms with Crippen LogP contribution in [0.25, 0.3) is 6.08 Å². The molecular weight excluding hydrogens is 190 g/mol. The van der Waals surface area contributed by atoms with Crippen molar-refractivity contribution in [2.24, 2.45) is 5.14 Å². The molecule has 4 nitrogen and oxygen atoms in total. The quantitative estimate of drug-likeness (QED) is 0.687. The standard InChI is InChI=1S/C8H7NO3S/c9-13(11,12)8-4-2-1-3-7(8)5-6-10/h1-5H,(H2,9,11,12). The van der Waals surface area contributed by atoms with Gasteiger partial charge in [-0.05, 0) is 6.07 Å². The van der Waals surface area contributed by atoms with Gasteiger partial charge in [0.1, 0.15) is 5.94 Å². The van der Waals surface area contributed by atoms with Crippen molar-refractivity contribution >= 4 is 22.0 Å². The summed E-state index contributed by atoms with van der Waals surface area (Å²) >= 11 is 0. The number of benzene rings is 1. The zero-order chi connectivity index (χ0) is 9.90. The fourth-order valence-electron chi connectivity index (χ4n) is 0.922. The minimum absolute atomic E-state index is 0.0710. The Morgan fingerprint density at radius 3 is 2.46 bits per heavy atom. The molecule has 1 aromatic rings. The topological polar surface area (TPSA) is 77.2 Å². The molecule has 5 heteroatoms. The van der Waals surface area contributed by atoms with Gasteiger partial charge < -0.3 is 0 Å². The Bertz CT molecular complexity index is 458. The van der Waals surface area contributed by atoms with Crippen LogP contribution in [0.2, 0.25) is 0 Å². The molecule has 1 aromatic carbocycles. The molecule has 13 heavy (non-hydrogen) atoms. The van der Waals surface area contributed by atoms with Gasteiger partial charge in [0.05, 0.1) is 4.90 Å². The van der Waals surface area contributed by atoms with E-state index in [-0.39, 0.29) is 10.5 Å². The summed E-state index contributed by atoms with van der Waals surface area (Å²) in [4.78, 5) is 9.97. The van der Waals surface area contributed by atoms with Crippen molar-refractivity contribution in [3.05, 3.63) is 29.8 Å². The minimum Gasteiger partial charge on any atom is -0.233 e. The average Bonchev–Trinajstić information content (AvgIpc) is 2.04. The lowest BCUT2D eigenvalue weighted by Gasteiger charge is -2.00. The van der Waals surface area contributed by atoms with Gasteiger partial charge in [0, 0.05) is 11.6 Å². The minimum atomic E-state index is -3.77. The third kappa shape index (κ3) is 2.26. The normalized spacial score (nSPS) is 10.5. The van der Waals surface area contributed by atoms with Crippen LogP contribution in [0, 0.1) is 0 Å². The predicted octanol–water partition coefficient (Wildman–Crippen LogP) is 0.179. The molecule has 0 atom stereocenters. The second-order valence-corrected chi connectivity index (χ2v) is 3.87. The van der Waals surface area contributed by atoms with E-state index in [0.29, 0.717) is 0 Å². The summed E-state index contributed by atoms with van der Waals surface area (Å²) in [5.41, 5.74) is 0.250. The number of rotatable bonds is 2. The monoisotopic (exact) mass is 197 g/mol. The first kappa shape index (κ1) is 9.67. The van der Waals surface area contributed by atoms with Crippen LogP contribution in [0.3, 0.4) is 0 Å². The molecule has 1 rings (SSSR count). The van der Waals surface area contributed by atoms with E-state index >= 15 is 0 Å². The molecule has 0 fully saturated rings. The lowest BCUT2D eigenvalue weighted by molar-refractivity contribution is 0.570. The van der Waals surface area contributed by atoms with E-state index in [1.54, 1.807) is 6.07 Å². The van der Waals surface area contributed by atoms with Crippen molar-refractivity contribution < 1.29 is 13.2 Å². The average molecular weight is 197 g/mol. The molecule has 0 aliphatic carbocycles. The summed E-state index contributed by atoms with van der Waals surface area (Å²) in [5.74, 6) is 1.50. The number of sulfonamides is 1. The van der Waals surface area contributed by atoms with E-state index in [2.05, 4.69) is 0 Å². The molecule has 0 unspecified atom stereocenters. The maximum Gasteiger partial charge on any atom is 0.238 e. The Balaban J connectivity index is 3.45. The molecule has 0 bridgehead atoms. The Hall–Kier alpha value is -1.42. The van der Waals surface area contributed by atoms with E-state index in [0.717, 1.165) is 6.08 Å².